The Morgan fingerprint density at radius 3 is 2.60 bits per heavy atom. The van der Waals surface area contributed by atoms with Crippen molar-refractivity contribution in [2.24, 2.45) is 4.99 Å². The van der Waals surface area contributed by atoms with Crippen LogP contribution >= 0.6 is 11.6 Å². The molecule has 1 heterocycles. The maximum absolute atomic E-state index is 5.76. The maximum atomic E-state index is 5.76. The fourth-order valence-corrected chi connectivity index (χ4v) is 1.17. The summed E-state index contributed by atoms with van der Waals surface area (Å²) < 4.78 is 0. The topological polar surface area (TPSA) is 38.1 Å². The summed E-state index contributed by atoms with van der Waals surface area (Å²) in [5.74, 6) is 0.590. The summed E-state index contributed by atoms with van der Waals surface area (Å²) in [6, 6.07) is 7.42. The summed E-state index contributed by atoms with van der Waals surface area (Å²) in [6.07, 6.45) is 6.54. The largest absolute Gasteiger partial charge is 0.259 e. The Hall–Kier alpha value is -1.74. The first-order valence-corrected chi connectivity index (χ1v) is 4.78. The second-order valence-electron chi connectivity index (χ2n) is 2.87. The Kier molecular flexibility index (Phi) is 3.05. The lowest BCUT2D eigenvalue weighted by Crippen LogP contribution is -1.80. The van der Waals surface area contributed by atoms with Gasteiger partial charge in [-0.3, -0.25) is 4.98 Å². The SMILES string of the molecule is Clc1ccc(C=Nc2cnccn2)cc1. The highest BCUT2D eigenvalue weighted by atomic mass is 35.5. The van der Waals surface area contributed by atoms with Crippen LogP contribution in [0.15, 0.2) is 47.8 Å². The monoisotopic (exact) mass is 217 g/mol. The number of halogens is 1. The van der Waals surface area contributed by atoms with Gasteiger partial charge in [-0.2, -0.15) is 0 Å². The van der Waals surface area contributed by atoms with Crippen LogP contribution in [-0.2, 0) is 0 Å². The van der Waals surface area contributed by atoms with Crippen LogP contribution in [0.2, 0.25) is 5.02 Å². The van der Waals surface area contributed by atoms with Gasteiger partial charge in [0.1, 0.15) is 0 Å². The van der Waals surface area contributed by atoms with Gasteiger partial charge in [-0.1, -0.05) is 23.7 Å². The molecule has 0 spiro atoms. The molecule has 0 aliphatic carbocycles. The number of rotatable bonds is 2. The van der Waals surface area contributed by atoms with E-state index in [4.69, 9.17) is 11.6 Å². The molecule has 4 heteroatoms. The Labute approximate surface area is 92.5 Å². The molecule has 0 aliphatic heterocycles. The van der Waals surface area contributed by atoms with E-state index in [1.165, 1.54) is 0 Å². The third kappa shape index (κ3) is 2.86. The summed E-state index contributed by atoms with van der Waals surface area (Å²) >= 11 is 5.76. The fraction of sp³-hybridized carbons (Fsp3) is 0. The van der Waals surface area contributed by atoms with E-state index in [9.17, 15) is 0 Å². The molecule has 1 aromatic carbocycles. The highest BCUT2D eigenvalue weighted by Gasteiger charge is 1.89. The normalized spacial score (nSPS) is 10.7. The van der Waals surface area contributed by atoms with Gasteiger partial charge in [0.2, 0.25) is 0 Å². The molecule has 0 atom stereocenters. The van der Waals surface area contributed by atoms with E-state index in [1.807, 2.05) is 24.3 Å². The van der Waals surface area contributed by atoms with Crippen molar-refractivity contribution in [3.8, 4) is 0 Å². The van der Waals surface area contributed by atoms with Crippen LogP contribution in [0, 0.1) is 0 Å². The van der Waals surface area contributed by atoms with Crippen LogP contribution < -0.4 is 0 Å². The van der Waals surface area contributed by atoms with E-state index < -0.39 is 0 Å². The first-order valence-electron chi connectivity index (χ1n) is 4.40. The fourth-order valence-electron chi connectivity index (χ4n) is 1.05. The Morgan fingerprint density at radius 2 is 1.93 bits per heavy atom. The summed E-state index contributed by atoms with van der Waals surface area (Å²) in [5, 5.41) is 0.714. The lowest BCUT2D eigenvalue weighted by Gasteiger charge is -1.93. The van der Waals surface area contributed by atoms with E-state index in [-0.39, 0.29) is 0 Å². The Morgan fingerprint density at radius 1 is 1.13 bits per heavy atom. The van der Waals surface area contributed by atoms with Crippen molar-refractivity contribution >= 4 is 23.6 Å². The molecule has 3 nitrogen and oxygen atoms in total. The van der Waals surface area contributed by atoms with Gasteiger partial charge in [-0.05, 0) is 17.7 Å². The quantitative estimate of drug-likeness (QED) is 0.726. The zero-order valence-corrected chi connectivity index (χ0v) is 8.59. The minimum atomic E-state index is 0.590. The third-order valence-electron chi connectivity index (χ3n) is 1.77. The molecule has 74 valence electrons. The van der Waals surface area contributed by atoms with E-state index in [0.717, 1.165) is 5.56 Å². The summed E-state index contributed by atoms with van der Waals surface area (Å²) in [5.41, 5.74) is 0.977. The van der Waals surface area contributed by atoms with Crippen LogP contribution in [0.4, 0.5) is 5.82 Å². The molecule has 0 fully saturated rings. The van der Waals surface area contributed by atoms with Crippen molar-refractivity contribution in [2.75, 3.05) is 0 Å². The van der Waals surface area contributed by atoms with E-state index in [2.05, 4.69) is 15.0 Å². The van der Waals surface area contributed by atoms with Crippen molar-refractivity contribution in [1.82, 2.24) is 9.97 Å². The molecule has 15 heavy (non-hydrogen) atoms. The Balaban J connectivity index is 2.15. The molecule has 0 saturated heterocycles. The molecular formula is C11H8ClN3. The van der Waals surface area contributed by atoms with Crippen LogP contribution in [-0.4, -0.2) is 16.2 Å². The molecule has 0 amide bonds. The molecule has 2 aromatic rings. The predicted molar refractivity (Wildman–Crippen MR) is 60.7 cm³/mol. The lowest BCUT2D eigenvalue weighted by molar-refractivity contribution is 1.18. The van der Waals surface area contributed by atoms with E-state index >= 15 is 0 Å². The van der Waals surface area contributed by atoms with Gasteiger partial charge >= 0.3 is 0 Å². The van der Waals surface area contributed by atoms with Gasteiger partial charge in [0.25, 0.3) is 0 Å². The number of hydrogen-bond donors (Lipinski definition) is 0. The predicted octanol–water partition coefficient (Wildman–Crippen LogP) is 2.88. The van der Waals surface area contributed by atoms with Crippen molar-refractivity contribution in [1.29, 1.82) is 0 Å². The zero-order valence-electron chi connectivity index (χ0n) is 7.84. The molecule has 0 saturated carbocycles. The summed E-state index contributed by atoms with van der Waals surface area (Å²) in [7, 11) is 0. The standard InChI is InChI=1S/C11H8ClN3/c12-10-3-1-9(2-4-10)7-15-11-8-13-5-6-14-11/h1-8H. The molecule has 0 aliphatic rings. The number of nitrogens with zero attached hydrogens (tertiary/aromatic N) is 3. The van der Waals surface area contributed by atoms with Crippen LogP contribution in [0.1, 0.15) is 5.56 Å². The highest BCUT2D eigenvalue weighted by Crippen LogP contribution is 2.09. The first kappa shape index (κ1) is 9.80. The average Bonchev–Trinajstić information content (AvgIpc) is 2.30. The minimum Gasteiger partial charge on any atom is -0.259 e. The molecule has 2 rings (SSSR count). The molecule has 0 N–H and O–H groups in total. The molecule has 0 unspecified atom stereocenters. The number of aliphatic imine (C=N–C) groups is 1. The van der Waals surface area contributed by atoms with Gasteiger partial charge in [-0.15, -0.1) is 0 Å². The van der Waals surface area contributed by atoms with Crippen LogP contribution in [0.25, 0.3) is 0 Å². The molecule has 0 radical (unpaired) electrons. The molecule has 0 bridgehead atoms. The second-order valence-corrected chi connectivity index (χ2v) is 3.31. The van der Waals surface area contributed by atoms with Crippen LogP contribution in [0.3, 0.4) is 0 Å². The van der Waals surface area contributed by atoms with Gasteiger partial charge in [0.05, 0.1) is 6.20 Å². The smallest absolute Gasteiger partial charge is 0.170 e. The maximum Gasteiger partial charge on any atom is 0.170 e. The van der Waals surface area contributed by atoms with Gasteiger partial charge in [-0.25, -0.2) is 9.98 Å². The zero-order chi connectivity index (χ0) is 10.5. The highest BCUT2D eigenvalue weighted by molar-refractivity contribution is 6.30. The number of aromatic nitrogens is 2. The lowest BCUT2D eigenvalue weighted by atomic mass is 10.2. The Bertz CT molecular complexity index is 451. The molecular weight excluding hydrogens is 210 g/mol. The minimum absolute atomic E-state index is 0.590. The van der Waals surface area contributed by atoms with Crippen LogP contribution in [0.5, 0.6) is 0 Å². The van der Waals surface area contributed by atoms with Crippen molar-refractivity contribution < 1.29 is 0 Å². The van der Waals surface area contributed by atoms with Crippen molar-refractivity contribution in [2.45, 2.75) is 0 Å². The second kappa shape index (κ2) is 4.66. The summed E-state index contributed by atoms with van der Waals surface area (Å²) in [4.78, 5) is 12.1. The molecule has 1 aromatic heterocycles. The summed E-state index contributed by atoms with van der Waals surface area (Å²) in [6.45, 7) is 0. The average molecular weight is 218 g/mol. The van der Waals surface area contributed by atoms with Gasteiger partial charge in [0.15, 0.2) is 5.82 Å². The van der Waals surface area contributed by atoms with Crippen molar-refractivity contribution in [3.63, 3.8) is 0 Å². The third-order valence-corrected chi connectivity index (χ3v) is 2.02. The van der Waals surface area contributed by atoms with Gasteiger partial charge < -0.3 is 0 Å². The number of benzene rings is 1. The van der Waals surface area contributed by atoms with Crippen molar-refractivity contribution in [3.05, 3.63) is 53.4 Å². The van der Waals surface area contributed by atoms with Gasteiger partial charge in [0, 0.05) is 23.6 Å². The van der Waals surface area contributed by atoms with E-state index in [0.29, 0.717) is 10.8 Å². The number of hydrogen-bond acceptors (Lipinski definition) is 3. The van der Waals surface area contributed by atoms with E-state index in [1.54, 1.807) is 24.8 Å². The first-order chi connectivity index (χ1) is 7.34.